The van der Waals surface area contributed by atoms with Crippen LogP contribution in [0.25, 0.3) is 0 Å². The molecule has 1 aliphatic rings. The van der Waals surface area contributed by atoms with Crippen LogP contribution in [0.3, 0.4) is 0 Å². The van der Waals surface area contributed by atoms with Crippen LogP contribution in [0.15, 0.2) is 24.3 Å². The molecule has 106 valence electrons. The fourth-order valence-corrected chi connectivity index (χ4v) is 4.59. The van der Waals surface area contributed by atoms with Gasteiger partial charge in [0, 0.05) is 0 Å². The Morgan fingerprint density at radius 3 is 2.89 bits per heavy atom. The van der Waals surface area contributed by atoms with Crippen molar-refractivity contribution < 1.29 is 18.3 Å². The number of hydrogen-bond donors (Lipinski definition) is 1. The van der Waals surface area contributed by atoms with E-state index in [1.807, 2.05) is 24.3 Å². The molecule has 0 aromatic heterocycles. The molecule has 1 aliphatic heterocycles. The van der Waals surface area contributed by atoms with Crippen molar-refractivity contribution in [2.24, 2.45) is 0 Å². The smallest absolute Gasteiger partial charge is 0.155 e. The molecule has 19 heavy (non-hydrogen) atoms. The highest BCUT2D eigenvalue weighted by molar-refractivity contribution is 7.92. The molecule has 5 heteroatoms. The highest BCUT2D eigenvalue weighted by Crippen LogP contribution is 2.25. The highest BCUT2D eigenvalue weighted by Gasteiger charge is 2.34. The fraction of sp³-hybridized carbons (Fsp3) is 0.571. The van der Waals surface area contributed by atoms with E-state index >= 15 is 0 Å². The molecule has 4 nitrogen and oxygen atoms in total. The average molecular weight is 284 g/mol. The van der Waals surface area contributed by atoms with Crippen LogP contribution in [0.4, 0.5) is 0 Å². The van der Waals surface area contributed by atoms with Crippen LogP contribution in [0.1, 0.15) is 24.8 Å². The first-order valence-electron chi connectivity index (χ1n) is 6.55. The van der Waals surface area contributed by atoms with E-state index in [-0.39, 0.29) is 5.75 Å². The van der Waals surface area contributed by atoms with Crippen molar-refractivity contribution in [3.63, 3.8) is 0 Å². The molecule has 1 aromatic carbocycles. The number of benzene rings is 1. The number of hydrogen-bond acceptors (Lipinski definition) is 4. The van der Waals surface area contributed by atoms with Crippen molar-refractivity contribution >= 4 is 9.84 Å². The fourth-order valence-electron chi connectivity index (χ4n) is 2.58. The van der Waals surface area contributed by atoms with E-state index in [2.05, 4.69) is 0 Å². The Bertz CT molecular complexity index is 524. The summed E-state index contributed by atoms with van der Waals surface area (Å²) in [6, 6.07) is 7.38. The summed E-state index contributed by atoms with van der Waals surface area (Å²) in [7, 11) is -1.56. The van der Waals surface area contributed by atoms with Crippen molar-refractivity contribution in [3.8, 4) is 5.75 Å². The minimum Gasteiger partial charge on any atom is -0.497 e. The normalized spacial score (nSPS) is 23.8. The largest absolute Gasteiger partial charge is 0.497 e. The summed E-state index contributed by atoms with van der Waals surface area (Å²) in [5, 5.41) is 9.59. The van der Waals surface area contributed by atoms with E-state index in [9.17, 15) is 13.5 Å². The monoisotopic (exact) mass is 284 g/mol. The number of aliphatic hydroxyl groups excluding tert-OH is 1. The minimum absolute atomic E-state index is 0.201. The van der Waals surface area contributed by atoms with Crippen molar-refractivity contribution in [1.82, 2.24) is 0 Å². The summed E-state index contributed by atoms with van der Waals surface area (Å²) < 4.78 is 29.0. The van der Waals surface area contributed by atoms with E-state index in [1.165, 1.54) is 0 Å². The van der Waals surface area contributed by atoms with Crippen molar-refractivity contribution in [1.29, 1.82) is 0 Å². The van der Waals surface area contributed by atoms with Crippen molar-refractivity contribution in [2.45, 2.75) is 37.0 Å². The molecule has 0 amide bonds. The number of sulfone groups is 1. The van der Waals surface area contributed by atoms with E-state index in [1.54, 1.807) is 7.11 Å². The summed E-state index contributed by atoms with van der Waals surface area (Å²) in [6.07, 6.45) is 1.66. The number of methoxy groups -OCH3 is 1. The maximum atomic E-state index is 12.0. The topological polar surface area (TPSA) is 63.6 Å². The zero-order valence-electron chi connectivity index (χ0n) is 11.1. The Morgan fingerprint density at radius 1 is 1.42 bits per heavy atom. The van der Waals surface area contributed by atoms with Gasteiger partial charge in [-0.2, -0.15) is 0 Å². The van der Waals surface area contributed by atoms with Crippen LogP contribution in [0.5, 0.6) is 5.75 Å². The lowest BCUT2D eigenvalue weighted by Crippen LogP contribution is -2.39. The average Bonchev–Trinajstić information content (AvgIpc) is 2.38. The molecular weight excluding hydrogens is 264 g/mol. The van der Waals surface area contributed by atoms with Crippen LogP contribution in [-0.2, 0) is 16.3 Å². The molecule has 1 fully saturated rings. The Labute approximate surface area is 114 Å². The summed E-state index contributed by atoms with van der Waals surface area (Å²) in [5.41, 5.74) is 0.896. The number of rotatable bonds is 4. The first-order valence-corrected chi connectivity index (χ1v) is 8.27. The van der Waals surface area contributed by atoms with Crippen LogP contribution >= 0.6 is 0 Å². The molecule has 1 saturated heterocycles. The lowest BCUT2D eigenvalue weighted by atomic mass is 10.0. The van der Waals surface area contributed by atoms with Gasteiger partial charge in [0.1, 0.15) is 5.75 Å². The minimum atomic E-state index is -3.14. The van der Waals surface area contributed by atoms with E-state index in [0.29, 0.717) is 19.3 Å². The van der Waals surface area contributed by atoms with Crippen LogP contribution in [0, 0.1) is 0 Å². The zero-order chi connectivity index (χ0) is 13.9. The molecule has 2 atom stereocenters. The van der Waals surface area contributed by atoms with Crippen LogP contribution in [0.2, 0.25) is 0 Å². The van der Waals surface area contributed by atoms with Gasteiger partial charge in [-0.25, -0.2) is 8.42 Å². The third kappa shape index (κ3) is 3.48. The number of ether oxygens (including phenoxy) is 1. The summed E-state index contributed by atoms with van der Waals surface area (Å²) in [4.78, 5) is 0. The molecule has 0 saturated carbocycles. The Morgan fingerprint density at radius 2 is 2.21 bits per heavy atom. The van der Waals surface area contributed by atoms with Gasteiger partial charge in [-0.05, 0) is 37.0 Å². The molecular formula is C14H20O4S. The lowest BCUT2D eigenvalue weighted by Gasteiger charge is -2.26. The molecule has 0 spiro atoms. The molecule has 0 radical (unpaired) electrons. The van der Waals surface area contributed by atoms with Gasteiger partial charge in [-0.3, -0.25) is 0 Å². The predicted molar refractivity (Wildman–Crippen MR) is 74.1 cm³/mol. The first kappa shape index (κ1) is 14.3. The summed E-state index contributed by atoms with van der Waals surface area (Å²) in [5.74, 6) is 0.920. The summed E-state index contributed by atoms with van der Waals surface area (Å²) in [6.45, 7) is 0. The maximum absolute atomic E-state index is 12.0. The van der Waals surface area contributed by atoms with Crippen LogP contribution < -0.4 is 4.74 Å². The molecule has 1 aromatic rings. The van der Waals surface area contributed by atoms with Gasteiger partial charge in [0.05, 0.1) is 24.2 Å². The van der Waals surface area contributed by atoms with Gasteiger partial charge in [-0.15, -0.1) is 0 Å². The Hall–Kier alpha value is -1.07. The van der Waals surface area contributed by atoms with Gasteiger partial charge < -0.3 is 9.84 Å². The third-order valence-electron chi connectivity index (χ3n) is 3.64. The second kappa shape index (κ2) is 5.92. The highest BCUT2D eigenvalue weighted by atomic mass is 32.2. The van der Waals surface area contributed by atoms with E-state index in [0.717, 1.165) is 17.7 Å². The Balaban J connectivity index is 2.09. The molecule has 1 N–H and O–H groups in total. The first-order chi connectivity index (χ1) is 9.03. The third-order valence-corrected chi connectivity index (χ3v) is 5.97. The second-order valence-electron chi connectivity index (χ2n) is 5.02. The Kier molecular flexibility index (Phi) is 4.47. The standard InChI is InChI=1S/C14H20O4S/c1-18-12-6-4-5-11(9-12)10-13(15)14-7-2-3-8-19(14,16)17/h4-6,9,13-15H,2-3,7-8,10H2,1H3. The van der Waals surface area contributed by atoms with Gasteiger partial charge in [-0.1, -0.05) is 18.6 Å². The summed E-state index contributed by atoms with van der Waals surface area (Å²) >= 11 is 0. The lowest BCUT2D eigenvalue weighted by molar-refractivity contribution is 0.162. The quantitative estimate of drug-likeness (QED) is 0.911. The van der Waals surface area contributed by atoms with Gasteiger partial charge in [0.15, 0.2) is 9.84 Å². The van der Waals surface area contributed by atoms with Gasteiger partial charge >= 0.3 is 0 Å². The number of aliphatic hydroxyl groups is 1. The van der Waals surface area contributed by atoms with Gasteiger partial charge in [0.2, 0.25) is 0 Å². The molecule has 0 aliphatic carbocycles. The van der Waals surface area contributed by atoms with Crippen LogP contribution in [-0.4, -0.2) is 37.7 Å². The molecule has 1 heterocycles. The SMILES string of the molecule is COc1cccc(CC(O)C2CCCCS2(=O)=O)c1. The van der Waals surface area contributed by atoms with Crippen molar-refractivity contribution in [3.05, 3.63) is 29.8 Å². The second-order valence-corrected chi connectivity index (χ2v) is 7.36. The predicted octanol–water partition coefficient (Wildman–Crippen LogP) is 1.57. The van der Waals surface area contributed by atoms with E-state index in [4.69, 9.17) is 4.74 Å². The molecule has 2 rings (SSSR count). The maximum Gasteiger partial charge on any atom is 0.155 e. The van der Waals surface area contributed by atoms with Crippen molar-refractivity contribution in [2.75, 3.05) is 12.9 Å². The molecule has 0 bridgehead atoms. The van der Waals surface area contributed by atoms with E-state index < -0.39 is 21.2 Å². The molecule has 2 unspecified atom stereocenters. The van der Waals surface area contributed by atoms with Gasteiger partial charge in [0.25, 0.3) is 0 Å². The zero-order valence-corrected chi connectivity index (χ0v) is 11.9.